The highest BCUT2D eigenvalue weighted by atomic mass is 28.4. The largest absolute Gasteiger partial charge is 0.457 e. The summed E-state index contributed by atoms with van der Waals surface area (Å²) in [7, 11) is -2.55. The molecule has 0 aromatic heterocycles. The van der Waals surface area contributed by atoms with Crippen molar-refractivity contribution in [3.05, 3.63) is 0 Å². The van der Waals surface area contributed by atoms with Crippen molar-refractivity contribution >= 4 is 17.4 Å². The number of hydrogen-bond acceptors (Lipinski definition) is 3. The molecule has 0 aliphatic carbocycles. The molecule has 0 aromatic rings. The van der Waals surface area contributed by atoms with Crippen LogP contribution in [0.1, 0.15) is 6.42 Å². The van der Waals surface area contributed by atoms with Crippen LogP contribution in [0.5, 0.6) is 0 Å². The average molecular weight is 206 g/mol. The molecule has 74 valence electrons. The van der Waals surface area contributed by atoms with Crippen LogP contribution in [0, 0.1) is 0 Å². The maximum absolute atomic E-state index is 5.95. The third-order valence-electron chi connectivity index (χ3n) is 1.64. The van der Waals surface area contributed by atoms with Gasteiger partial charge in [-0.3, -0.25) is 0 Å². The van der Waals surface area contributed by atoms with E-state index in [2.05, 4.69) is 26.2 Å². The van der Waals surface area contributed by atoms with Crippen LogP contribution >= 0.6 is 0 Å². The Kier molecular flexibility index (Phi) is 5.27. The molecule has 0 fully saturated rings. The van der Waals surface area contributed by atoms with E-state index in [4.69, 9.17) is 15.6 Å². The molecular weight excluding hydrogens is 184 g/mol. The zero-order valence-corrected chi connectivity index (χ0v) is 10.8. The van der Waals surface area contributed by atoms with Gasteiger partial charge in [0.2, 0.25) is 0 Å². The molecule has 5 heteroatoms. The lowest BCUT2D eigenvalue weighted by molar-refractivity contribution is 0.545. The van der Waals surface area contributed by atoms with Gasteiger partial charge in [0.05, 0.1) is 0 Å². The highest BCUT2D eigenvalue weighted by Gasteiger charge is 2.22. The van der Waals surface area contributed by atoms with Crippen LogP contribution in [0.15, 0.2) is 0 Å². The molecule has 0 aliphatic rings. The molecule has 3 nitrogen and oxygen atoms in total. The molecule has 0 aromatic carbocycles. The van der Waals surface area contributed by atoms with E-state index in [1.165, 1.54) is 0 Å². The van der Waals surface area contributed by atoms with E-state index in [9.17, 15) is 0 Å². The molecule has 0 aliphatic heterocycles. The van der Waals surface area contributed by atoms with E-state index < -0.39 is 17.4 Å². The van der Waals surface area contributed by atoms with Crippen LogP contribution < -0.4 is 11.5 Å². The van der Waals surface area contributed by atoms with Crippen molar-refractivity contribution in [2.24, 2.45) is 11.5 Å². The molecule has 2 atom stereocenters. The predicted octanol–water partition coefficient (Wildman–Crippen LogP) is 0.407. The molecule has 0 rings (SSSR count). The van der Waals surface area contributed by atoms with Crippen molar-refractivity contribution in [3.8, 4) is 0 Å². The van der Waals surface area contributed by atoms with Crippen LogP contribution in [0.4, 0.5) is 0 Å². The molecule has 0 radical (unpaired) electrons. The monoisotopic (exact) mass is 206 g/mol. The van der Waals surface area contributed by atoms with Crippen molar-refractivity contribution in [2.45, 2.75) is 38.3 Å². The smallest absolute Gasteiger partial charge is 0.176 e. The zero-order valence-electron chi connectivity index (χ0n) is 8.63. The van der Waals surface area contributed by atoms with Crippen molar-refractivity contribution in [3.63, 3.8) is 0 Å². The van der Waals surface area contributed by atoms with Gasteiger partial charge in [-0.15, -0.1) is 0 Å². The molecule has 0 amide bonds. The number of rotatable bonds is 5. The fourth-order valence-corrected chi connectivity index (χ4v) is 6.89. The second-order valence-corrected chi connectivity index (χ2v) is 11.6. The summed E-state index contributed by atoms with van der Waals surface area (Å²) >= 11 is 0. The van der Waals surface area contributed by atoms with Gasteiger partial charge in [-0.1, -0.05) is 0 Å². The van der Waals surface area contributed by atoms with Gasteiger partial charge >= 0.3 is 0 Å². The summed E-state index contributed by atoms with van der Waals surface area (Å²) in [6, 6.07) is 0. The van der Waals surface area contributed by atoms with E-state index in [0.717, 1.165) is 6.42 Å². The second kappa shape index (κ2) is 5.13. The highest BCUT2D eigenvalue weighted by Crippen LogP contribution is 2.07. The second-order valence-electron chi connectivity index (χ2n) is 4.18. The minimum absolute atomic E-state index is 0.224. The first-order chi connectivity index (χ1) is 5.37. The van der Waals surface area contributed by atoms with E-state index in [1.807, 2.05) is 0 Å². The lowest BCUT2D eigenvalue weighted by Crippen LogP contribution is -2.46. The van der Waals surface area contributed by atoms with Crippen molar-refractivity contribution in [1.82, 2.24) is 0 Å². The minimum atomic E-state index is -1.37. The minimum Gasteiger partial charge on any atom is -0.457 e. The van der Waals surface area contributed by atoms with Gasteiger partial charge < -0.3 is 15.6 Å². The summed E-state index contributed by atoms with van der Waals surface area (Å²) in [5.74, 6) is 0. The molecule has 4 N–H and O–H groups in total. The van der Waals surface area contributed by atoms with Crippen LogP contribution in [0.2, 0.25) is 26.2 Å². The Bertz CT molecular complexity index is 127. The zero-order chi connectivity index (χ0) is 9.78. The Morgan fingerprint density at radius 2 is 1.92 bits per heavy atom. The Morgan fingerprint density at radius 1 is 1.42 bits per heavy atom. The molecule has 0 spiro atoms. The molecule has 0 bridgehead atoms. The molecule has 0 saturated heterocycles. The van der Waals surface area contributed by atoms with E-state index >= 15 is 0 Å². The van der Waals surface area contributed by atoms with Crippen LogP contribution in [-0.4, -0.2) is 29.6 Å². The number of hydrogen-bond donors (Lipinski definition) is 2. The topological polar surface area (TPSA) is 61.3 Å². The first-order valence-corrected chi connectivity index (χ1v) is 10.2. The summed E-state index contributed by atoms with van der Waals surface area (Å²) in [4.78, 5) is 0. The van der Waals surface area contributed by atoms with Gasteiger partial charge in [0.25, 0.3) is 0 Å². The lowest BCUT2D eigenvalue weighted by Gasteiger charge is -2.26. The van der Waals surface area contributed by atoms with Crippen molar-refractivity contribution in [2.75, 3.05) is 6.54 Å². The van der Waals surface area contributed by atoms with Gasteiger partial charge in [0.1, 0.15) is 0 Å². The fourth-order valence-electron chi connectivity index (χ4n) is 1.07. The average Bonchev–Trinajstić information content (AvgIpc) is 1.84. The SMILES string of the molecule is C[SiH](O[Si](C)(C)C)C(N)CCN. The predicted molar refractivity (Wildman–Crippen MR) is 59.1 cm³/mol. The van der Waals surface area contributed by atoms with Gasteiger partial charge in [0.15, 0.2) is 17.4 Å². The van der Waals surface area contributed by atoms with Gasteiger partial charge in [0, 0.05) is 5.67 Å². The quantitative estimate of drug-likeness (QED) is 0.641. The van der Waals surface area contributed by atoms with Gasteiger partial charge in [-0.25, -0.2) is 0 Å². The van der Waals surface area contributed by atoms with Crippen molar-refractivity contribution in [1.29, 1.82) is 0 Å². The first-order valence-electron chi connectivity index (χ1n) is 4.50. The third-order valence-corrected chi connectivity index (χ3v) is 7.50. The molecular formula is C7H22N2OSi2. The summed E-state index contributed by atoms with van der Waals surface area (Å²) in [5, 5.41) is 0. The lowest BCUT2D eigenvalue weighted by atomic mass is 10.4. The Morgan fingerprint density at radius 3 is 2.25 bits per heavy atom. The van der Waals surface area contributed by atoms with E-state index in [1.54, 1.807) is 0 Å². The maximum atomic E-state index is 5.95. The Hall–Kier alpha value is 0.314. The summed E-state index contributed by atoms with van der Waals surface area (Å²) in [6.07, 6.45) is 0.901. The maximum Gasteiger partial charge on any atom is 0.176 e. The van der Waals surface area contributed by atoms with E-state index in [-0.39, 0.29) is 5.67 Å². The molecule has 2 unspecified atom stereocenters. The first kappa shape index (κ1) is 12.3. The Balaban J connectivity index is 3.78. The Labute approximate surface area is 78.3 Å². The molecule has 12 heavy (non-hydrogen) atoms. The van der Waals surface area contributed by atoms with Gasteiger partial charge in [-0.2, -0.15) is 0 Å². The third kappa shape index (κ3) is 5.90. The molecule has 0 saturated carbocycles. The van der Waals surface area contributed by atoms with Crippen LogP contribution in [-0.2, 0) is 4.12 Å². The summed E-state index contributed by atoms with van der Waals surface area (Å²) < 4.78 is 5.95. The van der Waals surface area contributed by atoms with Crippen LogP contribution in [0.3, 0.4) is 0 Å². The summed E-state index contributed by atoms with van der Waals surface area (Å²) in [6.45, 7) is 9.44. The number of nitrogens with two attached hydrogens (primary N) is 2. The molecule has 0 heterocycles. The normalized spacial score (nSPS) is 17.5. The fraction of sp³-hybridized carbons (Fsp3) is 1.00. The van der Waals surface area contributed by atoms with Gasteiger partial charge in [-0.05, 0) is 39.2 Å². The standard InChI is InChI=1S/C7H22N2OSi2/c1-11(7(9)5-6-8)10-12(2,3)4/h7,11H,5-6,8-9H2,1-4H3. The van der Waals surface area contributed by atoms with Crippen molar-refractivity contribution < 1.29 is 4.12 Å². The summed E-state index contributed by atoms with van der Waals surface area (Å²) in [5.41, 5.74) is 11.6. The van der Waals surface area contributed by atoms with E-state index in [0.29, 0.717) is 6.54 Å². The highest BCUT2D eigenvalue weighted by molar-refractivity contribution is 6.77. The van der Waals surface area contributed by atoms with Crippen LogP contribution in [0.25, 0.3) is 0 Å².